The van der Waals surface area contributed by atoms with E-state index in [0.717, 1.165) is 24.1 Å². The summed E-state index contributed by atoms with van der Waals surface area (Å²) in [6.45, 7) is 5.24. The van der Waals surface area contributed by atoms with Gasteiger partial charge in [0.2, 0.25) is 17.7 Å². The van der Waals surface area contributed by atoms with Crippen molar-refractivity contribution in [3.05, 3.63) is 71.3 Å². The van der Waals surface area contributed by atoms with Crippen molar-refractivity contribution in [1.29, 1.82) is 0 Å². The molecule has 0 saturated carbocycles. The number of aryl methyl sites for hydroxylation is 1. The van der Waals surface area contributed by atoms with Crippen molar-refractivity contribution in [2.75, 3.05) is 74.1 Å². The van der Waals surface area contributed by atoms with E-state index in [9.17, 15) is 24.0 Å². The second-order valence-corrected chi connectivity index (χ2v) is 13.9. The van der Waals surface area contributed by atoms with Crippen LogP contribution in [0.3, 0.4) is 0 Å². The molecule has 306 valence electrons. The first-order valence-corrected chi connectivity index (χ1v) is 19.3. The Hall–Kier alpha value is -6.02. The number of hydrogen-bond acceptors (Lipinski definition) is 13. The predicted molar refractivity (Wildman–Crippen MR) is 209 cm³/mol. The molecule has 3 aliphatic rings. The van der Waals surface area contributed by atoms with E-state index in [1.54, 1.807) is 47.4 Å². The third kappa shape index (κ3) is 9.74. The van der Waals surface area contributed by atoms with Crippen molar-refractivity contribution in [1.82, 2.24) is 29.8 Å². The molecule has 5 N–H and O–H groups in total. The smallest absolute Gasteiger partial charge is 0.323 e. The molecule has 0 radical (unpaired) electrons. The first-order valence-electron chi connectivity index (χ1n) is 19.3. The van der Waals surface area contributed by atoms with Crippen LogP contribution >= 0.6 is 0 Å². The fourth-order valence-corrected chi connectivity index (χ4v) is 7.07. The maximum Gasteiger partial charge on any atom is 0.323 e. The monoisotopic (exact) mass is 798 g/mol. The fraction of sp³-hybridized carbons (Fsp3) is 0.436. The SMILES string of the molecule is Cc1cc(NC(=O)Nc2cnc3ccnn3c2C2CCCO2)cnc1NCCOCCOCCOCCC(=O)Nc1cccc2c1CN(C1CCC(=O)NC1=O)C2=O. The first-order chi connectivity index (χ1) is 28.2. The summed E-state index contributed by atoms with van der Waals surface area (Å²) >= 11 is 0. The topological polar surface area (TPSA) is 229 Å². The van der Waals surface area contributed by atoms with E-state index in [1.165, 1.54) is 4.90 Å². The summed E-state index contributed by atoms with van der Waals surface area (Å²) in [4.78, 5) is 72.8. The maximum absolute atomic E-state index is 13.0. The zero-order chi connectivity index (χ0) is 40.4. The number of nitrogens with one attached hydrogen (secondary N) is 5. The molecule has 3 aromatic heterocycles. The Bertz CT molecular complexity index is 2160. The number of rotatable bonds is 18. The number of aromatic nitrogens is 4. The molecule has 3 aliphatic heterocycles. The molecule has 0 bridgehead atoms. The lowest BCUT2D eigenvalue weighted by atomic mass is 10.0. The Morgan fingerprint density at radius 1 is 0.931 bits per heavy atom. The van der Waals surface area contributed by atoms with Crippen molar-refractivity contribution in [2.24, 2.45) is 0 Å². The molecular weight excluding hydrogens is 752 g/mol. The van der Waals surface area contributed by atoms with Gasteiger partial charge in [0.1, 0.15) is 18.0 Å². The number of imide groups is 1. The Balaban J connectivity index is 0.732. The van der Waals surface area contributed by atoms with Crippen LogP contribution in [0.5, 0.6) is 0 Å². The summed E-state index contributed by atoms with van der Waals surface area (Å²) in [6, 6.07) is 7.52. The number of carbonyl (C=O) groups is 5. The second kappa shape index (κ2) is 18.9. The number of piperidine rings is 1. The Labute approximate surface area is 333 Å². The summed E-state index contributed by atoms with van der Waals surface area (Å²) < 4.78 is 24.4. The molecule has 2 unspecified atom stereocenters. The van der Waals surface area contributed by atoms with E-state index in [2.05, 4.69) is 41.7 Å². The van der Waals surface area contributed by atoms with E-state index in [1.807, 2.05) is 13.0 Å². The van der Waals surface area contributed by atoms with Crippen LogP contribution in [0.25, 0.3) is 5.65 Å². The van der Waals surface area contributed by atoms with Gasteiger partial charge in [-0.05, 0) is 49.9 Å². The molecule has 6 amide bonds. The molecule has 4 aromatic rings. The summed E-state index contributed by atoms with van der Waals surface area (Å²) in [7, 11) is 0. The Morgan fingerprint density at radius 2 is 1.74 bits per heavy atom. The number of amides is 6. The zero-order valence-corrected chi connectivity index (χ0v) is 32.1. The lowest BCUT2D eigenvalue weighted by Gasteiger charge is -2.29. The van der Waals surface area contributed by atoms with Gasteiger partial charge >= 0.3 is 6.03 Å². The quantitative estimate of drug-likeness (QED) is 0.0721. The number of carbonyl (C=O) groups excluding carboxylic acids is 5. The van der Waals surface area contributed by atoms with Crippen LogP contribution in [0.2, 0.25) is 0 Å². The number of anilines is 4. The van der Waals surface area contributed by atoms with E-state index in [0.29, 0.717) is 85.8 Å². The van der Waals surface area contributed by atoms with E-state index >= 15 is 0 Å². The van der Waals surface area contributed by atoms with E-state index < -0.39 is 18.0 Å². The third-order valence-electron chi connectivity index (χ3n) is 9.88. The highest BCUT2D eigenvalue weighted by Gasteiger charge is 2.40. The maximum atomic E-state index is 13.0. The minimum atomic E-state index is -0.730. The largest absolute Gasteiger partial charge is 0.379 e. The predicted octanol–water partition coefficient (Wildman–Crippen LogP) is 3.18. The molecule has 0 spiro atoms. The highest BCUT2D eigenvalue weighted by Crippen LogP contribution is 2.34. The fourth-order valence-electron chi connectivity index (χ4n) is 7.07. The molecule has 58 heavy (non-hydrogen) atoms. The van der Waals surface area contributed by atoms with Crippen molar-refractivity contribution >= 4 is 58.2 Å². The van der Waals surface area contributed by atoms with Crippen LogP contribution in [0, 0.1) is 6.92 Å². The normalized spacial score (nSPS) is 17.7. The number of nitrogens with zero attached hydrogens (tertiary/aromatic N) is 5. The van der Waals surface area contributed by atoms with Gasteiger partial charge in [0.05, 0.1) is 81.7 Å². The van der Waals surface area contributed by atoms with E-state index in [4.69, 9.17) is 18.9 Å². The lowest BCUT2D eigenvalue weighted by molar-refractivity contribution is -0.137. The average molecular weight is 799 g/mol. The van der Waals surface area contributed by atoms with Crippen LogP contribution in [0.4, 0.5) is 27.7 Å². The molecule has 2 saturated heterocycles. The highest BCUT2D eigenvalue weighted by molar-refractivity contribution is 6.07. The number of fused-ring (bicyclic) bond motifs is 2. The lowest BCUT2D eigenvalue weighted by Crippen LogP contribution is -2.52. The molecule has 1 aromatic carbocycles. The number of pyridine rings is 1. The molecule has 6 heterocycles. The number of hydrogen-bond donors (Lipinski definition) is 5. The van der Waals surface area contributed by atoms with Gasteiger partial charge in [-0.1, -0.05) is 6.07 Å². The van der Waals surface area contributed by atoms with Crippen LogP contribution in [0.1, 0.15) is 65.4 Å². The summed E-state index contributed by atoms with van der Waals surface area (Å²) in [6.07, 6.45) is 6.97. The van der Waals surface area contributed by atoms with Crippen molar-refractivity contribution in [3.8, 4) is 0 Å². The average Bonchev–Trinajstić information content (AvgIpc) is 3.98. The van der Waals surface area contributed by atoms with Crippen molar-refractivity contribution < 1.29 is 42.9 Å². The van der Waals surface area contributed by atoms with Crippen LogP contribution < -0.4 is 26.6 Å². The highest BCUT2D eigenvalue weighted by atomic mass is 16.5. The third-order valence-corrected chi connectivity index (χ3v) is 9.88. The van der Waals surface area contributed by atoms with Gasteiger partial charge in [0.25, 0.3) is 5.91 Å². The molecule has 19 nitrogen and oxygen atoms in total. The van der Waals surface area contributed by atoms with Gasteiger partial charge < -0.3 is 45.1 Å². The van der Waals surface area contributed by atoms with Gasteiger partial charge in [0, 0.05) is 49.0 Å². The summed E-state index contributed by atoms with van der Waals surface area (Å²) in [5, 5.41) is 18.5. The van der Waals surface area contributed by atoms with Crippen molar-refractivity contribution in [2.45, 2.75) is 57.7 Å². The van der Waals surface area contributed by atoms with Gasteiger partial charge in [0.15, 0.2) is 5.65 Å². The number of urea groups is 1. The van der Waals surface area contributed by atoms with E-state index in [-0.39, 0.29) is 56.2 Å². The van der Waals surface area contributed by atoms with Gasteiger partial charge in [-0.2, -0.15) is 5.10 Å². The molecule has 2 fully saturated rings. The summed E-state index contributed by atoms with van der Waals surface area (Å²) in [5.74, 6) is -0.739. The number of ether oxygens (including phenoxy) is 4. The Morgan fingerprint density at radius 3 is 2.52 bits per heavy atom. The molecule has 2 atom stereocenters. The standard InChI is InChI=1S/C39H46N10O9/c1-24-20-25(44-39(54)46-29-22-41-32-9-11-43-49(32)35(29)31-6-3-13-58-31)21-42-36(24)40-12-15-56-17-19-57-18-16-55-14-10-34(51)45-28-5-2-4-26-27(28)23-48(38(26)53)30-7-8-33(50)47-37(30)52/h2,4-5,9,11,20-22,30-31H,3,6-8,10,12-19,23H2,1H3,(H,40,42)(H,45,51)(H2,44,46,54)(H,47,50,52). The second-order valence-electron chi connectivity index (χ2n) is 13.9. The Kier molecular flexibility index (Phi) is 13.1. The van der Waals surface area contributed by atoms with Crippen LogP contribution in [-0.4, -0.2) is 113 Å². The zero-order valence-electron chi connectivity index (χ0n) is 32.1. The van der Waals surface area contributed by atoms with Crippen LogP contribution in [0.15, 0.2) is 48.9 Å². The van der Waals surface area contributed by atoms with Crippen LogP contribution in [-0.2, 0) is 39.9 Å². The minimum Gasteiger partial charge on any atom is -0.379 e. The molecular formula is C39H46N10O9. The molecule has 19 heteroatoms. The molecule has 7 rings (SSSR count). The number of benzene rings is 1. The molecule has 0 aliphatic carbocycles. The van der Waals surface area contributed by atoms with Gasteiger partial charge in [-0.3, -0.25) is 24.5 Å². The summed E-state index contributed by atoms with van der Waals surface area (Å²) in [5.41, 5.74) is 4.91. The van der Waals surface area contributed by atoms with Crippen molar-refractivity contribution in [3.63, 3.8) is 0 Å². The minimum absolute atomic E-state index is 0.104. The van der Waals surface area contributed by atoms with Gasteiger partial charge in [-0.15, -0.1) is 0 Å². The first kappa shape index (κ1) is 40.2. The van der Waals surface area contributed by atoms with Gasteiger partial charge in [-0.25, -0.2) is 19.3 Å².